The molecule has 1 N–H and O–H groups in total. The Hall–Kier alpha value is -3.26. The molecule has 0 fully saturated rings. The van der Waals surface area contributed by atoms with Crippen molar-refractivity contribution in [2.24, 2.45) is 4.99 Å². The van der Waals surface area contributed by atoms with Gasteiger partial charge in [0.25, 0.3) is 0 Å². The summed E-state index contributed by atoms with van der Waals surface area (Å²) in [6, 6.07) is 6.31. The molecule has 0 unspecified atom stereocenters. The van der Waals surface area contributed by atoms with Crippen molar-refractivity contribution in [1.29, 1.82) is 0 Å². The molecule has 39 heavy (non-hydrogen) atoms. The van der Waals surface area contributed by atoms with Gasteiger partial charge in [0.2, 0.25) is 0 Å². The van der Waals surface area contributed by atoms with Crippen LogP contribution in [-0.2, 0) is 27.3 Å². The van der Waals surface area contributed by atoms with Crippen molar-refractivity contribution >= 4 is 44.0 Å². The van der Waals surface area contributed by atoms with Crippen molar-refractivity contribution in [3.63, 3.8) is 0 Å². The summed E-state index contributed by atoms with van der Waals surface area (Å²) in [7, 11) is -3.35. The number of rotatable bonds is 11. The van der Waals surface area contributed by atoms with Crippen LogP contribution in [0.3, 0.4) is 0 Å². The molecular formula is C25H24ClF3N4O5S. The van der Waals surface area contributed by atoms with Gasteiger partial charge in [0, 0.05) is 24.9 Å². The molecule has 0 bridgehead atoms. The van der Waals surface area contributed by atoms with Crippen LogP contribution in [0.5, 0.6) is 5.75 Å². The van der Waals surface area contributed by atoms with E-state index in [0.717, 1.165) is 12.1 Å². The van der Waals surface area contributed by atoms with Crippen molar-refractivity contribution in [3.8, 4) is 5.75 Å². The number of aromatic nitrogens is 3. The van der Waals surface area contributed by atoms with Gasteiger partial charge >= 0.3 is 6.18 Å². The van der Waals surface area contributed by atoms with E-state index in [4.69, 9.17) is 26.2 Å². The van der Waals surface area contributed by atoms with Crippen LogP contribution < -0.4 is 4.74 Å². The van der Waals surface area contributed by atoms with E-state index in [1.807, 2.05) is 4.57 Å². The summed E-state index contributed by atoms with van der Waals surface area (Å²) in [6.07, 6.45) is 2.15. The highest BCUT2D eigenvalue weighted by molar-refractivity contribution is 7.91. The van der Waals surface area contributed by atoms with Gasteiger partial charge in [-0.2, -0.15) is 13.2 Å². The molecule has 208 valence electrons. The smallest absolute Gasteiger partial charge is 0.416 e. The zero-order valence-corrected chi connectivity index (χ0v) is 22.0. The van der Waals surface area contributed by atoms with E-state index in [-0.39, 0.29) is 41.3 Å². The van der Waals surface area contributed by atoms with Crippen LogP contribution in [0.2, 0.25) is 0 Å². The number of fused-ring (bicyclic) bond motifs is 1. The van der Waals surface area contributed by atoms with Gasteiger partial charge in [-0.05, 0) is 36.4 Å². The van der Waals surface area contributed by atoms with Gasteiger partial charge < -0.3 is 19.1 Å². The average Bonchev–Trinajstić information content (AvgIpc) is 3.29. The van der Waals surface area contributed by atoms with Gasteiger partial charge in [-0.25, -0.2) is 23.4 Å². The molecule has 1 aliphatic carbocycles. The van der Waals surface area contributed by atoms with E-state index in [1.165, 1.54) is 18.5 Å². The fourth-order valence-electron chi connectivity index (χ4n) is 3.71. The largest absolute Gasteiger partial charge is 0.456 e. The van der Waals surface area contributed by atoms with Gasteiger partial charge in [-0.3, -0.25) is 0 Å². The van der Waals surface area contributed by atoms with Gasteiger partial charge in [0.05, 0.1) is 47.4 Å². The van der Waals surface area contributed by atoms with E-state index < -0.39 is 28.2 Å². The molecule has 0 spiro atoms. The lowest BCUT2D eigenvalue weighted by Crippen LogP contribution is -2.18. The molecule has 1 aliphatic rings. The molecule has 9 nitrogen and oxygen atoms in total. The van der Waals surface area contributed by atoms with Crippen molar-refractivity contribution in [2.75, 3.05) is 31.3 Å². The molecule has 0 amide bonds. The SMILES string of the molecule is O=S(=O)(CCO)CCOCCn1ccc2ncnc(N=C3C=C(Cl)C(Oc4cccc(C(F)(F)F)c4)=CC3)c21. The summed E-state index contributed by atoms with van der Waals surface area (Å²) in [5.74, 6) is 0.117. The number of hydrogen-bond donors (Lipinski definition) is 1. The molecule has 0 saturated carbocycles. The first kappa shape index (κ1) is 28.7. The van der Waals surface area contributed by atoms with Gasteiger partial charge in [-0.1, -0.05) is 17.7 Å². The predicted octanol–water partition coefficient (Wildman–Crippen LogP) is 4.44. The highest BCUT2D eigenvalue weighted by Gasteiger charge is 2.30. The fraction of sp³-hybridized carbons (Fsp3) is 0.320. The standard InChI is InChI=1S/C25H24ClF3N4O5S/c26-20-15-18(4-5-22(20)38-19-3-1-2-17(14-19)25(27,28)29)32-24-23-21(30-16-31-24)6-7-33(23)8-10-37-11-13-39(35,36)12-9-34/h1-3,5-7,14-16,34H,4,8-13H2. The molecule has 2 aromatic heterocycles. The maximum atomic E-state index is 13.0. The second-order valence-corrected chi connectivity index (χ2v) is 11.1. The van der Waals surface area contributed by atoms with Crippen molar-refractivity contribution < 1.29 is 36.2 Å². The zero-order valence-electron chi connectivity index (χ0n) is 20.4. The fourth-order valence-corrected chi connectivity index (χ4v) is 4.81. The van der Waals surface area contributed by atoms with Crippen molar-refractivity contribution in [3.05, 3.63) is 71.4 Å². The number of halogens is 4. The number of alkyl halides is 3. The Labute approximate surface area is 227 Å². The monoisotopic (exact) mass is 584 g/mol. The minimum atomic E-state index is -4.49. The second kappa shape index (κ2) is 12.3. The number of aliphatic imine (C=N–C) groups is 1. The van der Waals surface area contributed by atoms with Crippen LogP contribution in [0.1, 0.15) is 12.0 Å². The first-order valence-electron chi connectivity index (χ1n) is 11.7. The number of aliphatic hydroxyl groups excluding tert-OH is 1. The van der Waals surface area contributed by atoms with Crippen molar-refractivity contribution in [2.45, 2.75) is 19.1 Å². The maximum Gasteiger partial charge on any atom is 0.416 e. The number of nitrogens with zero attached hydrogens (tertiary/aromatic N) is 4. The number of benzene rings is 1. The third-order valence-electron chi connectivity index (χ3n) is 5.61. The lowest BCUT2D eigenvalue weighted by atomic mass is 10.1. The van der Waals surface area contributed by atoms with Crippen LogP contribution in [-0.4, -0.2) is 65.1 Å². The summed E-state index contributed by atoms with van der Waals surface area (Å²) in [4.78, 5) is 13.1. The number of allylic oxidation sites excluding steroid dienone is 3. The lowest BCUT2D eigenvalue weighted by Gasteiger charge is -2.15. The first-order chi connectivity index (χ1) is 18.6. The van der Waals surface area contributed by atoms with Crippen LogP contribution in [0.25, 0.3) is 11.0 Å². The Balaban J connectivity index is 1.44. The van der Waals surface area contributed by atoms with Crippen LogP contribution in [0.15, 0.2) is 70.8 Å². The molecule has 3 aromatic rings. The van der Waals surface area contributed by atoms with Crippen LogP contribution in [0, 0.1) is 0 Å². The van der Waals surface area contributed by atoms with E-state index in [1.54, 1.807) is 24.4 Å². The molecule has 0 aliphatic heterocycles. The molecule has 0 radical (unpaired) electrons. The highest BCUT2D eigenvalue weighted by Crippen LogP contribution is 2.33. The first-order valence-corrected chi connectivity index (χ1v) is 13.9. The summed E-state index contributed by atoms with van der Waals surface area (Å²) < 4.78 is 75.2. The molecule has 4 rings (SSSR count). The van der Waals surface area contributed by atoms with Gasteiger partial charge in [-0.15, -0.1) is 0 Å². The average molecular weight is 585 g/mol. The zero-order chi connectivity index (χ0) is 28.0. The Kier molecular flexibility index (Phi) is 9.05. The lowest BCUT2D eigenvalue weighted by molar-refractivity contribution is -0.137. The number of hydrogen-bond acceptors (Lipinski definition) is 8. The quantitative estimate of drug-likeness (QED) is 0.331. The van der Waals surface area contributed by atoms with E-state index >= 15 is 0 Å². The topological polar surface area (TPSA) is 116 Å². The summed E-state index contributed by atoms with van der Waals surface area (Å²) >= 11 is 6.36. The third-order valence-corrected chi connectivity index (χ3v) is 7.50. The third kappa shape index (κ3) is 7.66. The van der Waals surface area contributed by atoms with Gasteiger partial charge in [0.1, 0.15) is 23.4 Å². The van der Waals surface area contributed by atoms with Crippen molar-refractivity contribution in [1.82, 2.24) is 14.5 Å². The van der Waals surface area contributed by atoms with E-state index in [0.29, 0.717) is 35.5 Å². The van der Waals surface area contributed by atoms with E-state index in [2.05, 4.69) is 15.0 Å². The Morgan fingerprint density at radius 3 is 2.72 bits per heavy atom. The predicted molar refractivity (Wildman–Crippen MR) is 140 cm³/mol. The highest BCUT2D eigenvalue weighted by atomic mass is 35.5. The number of ether oxygens (including phenoxy) is 2. The molecule has 0 atom stereocenters. The van der Waals surface area contributed by atoms with Crippen LogP contribution >= 0.6 is 11.6 Å². The summed E-state index contributed by atoms with van der Waals surface area (Å²) in [6.45, 7) is 0.200. The molecule has 1 aromatic carbocycles. The van der Waals surface area contributed by atoms with Gasteiger partial charge in [0.15, 0.2) is 15.7 Å². The number of aliphatic hydroxyl groups is 1. The molecule has 0 saturated heterocycles. The number of sulfone groups is 1. The molecular weight excluding hydrogens is 561 g/mol. The normalized spacial score (nSPS) is 15.5. The van der Waals surface area contributed by atoms with E-state index in [9.17, 15) is 21.6 Å². The molecule has 2 heterocycles. The summed E-state index contributed by atoms with van der Waals surface area (Å²) in [5, 5.41) is 8.96. The Morgan fingerprint density at radius 2 is 1.97 bits per heavy atom. The maximum absolute atomic E-state index is 13.0. The Bertz CT molecular complexity index is 1530. The molecule has 14 heteroatoms. The summed E-state index contributed by atoms with van der Waals surface area (Å²) in [5.41, 5.74) is 1.01. The minimum Gasteiger partial charge on any atom is -0.456 e. The minimum absolute atomic E-state index is 0.00608. The second-order valence-electron chi connectivity index (χ2n) is 8.42. The Morgan fingerprint density at radius 1 is 1.15 bits per heavy atom. The van der Waals surface area contributed by atoms with Crippen LogP contribution in [0.4, 0.5) is 19.0 Å².